The first-order chi connectivity index (χ1) is 7.59. The first kappa shape index (κ1) is 12.3. The van der Waals surface area contributed by atoms with Gasteiger partial charge in [0.2, 0.25) is 0 Å². The molecule has 0 radical (unpaired) electrons. The molecule has 0 N–H and O–H groups in total. The highest BCUT2D eigenvalue weighted by Crippen LogP contribution is 2.39. The summed E-state index contributed by atoms with van der Waals surface area (Å²) in [5, 5.41) is 0.483. The molecule has 0 amide bonds. The van der Waals surface area contributed by atoms with Gasteiger partial charge in [-0.2, -0.15) is 0 Å². The third-order valence-corrected chi connectivity index (χ3v) is 4.52. The summed E-state index contributed by atoms with van der Waals surface area (Å²) < 4.78 is 18.6. The molecular weight excluding hydrogens is 294 g/mol. The average Bonchev–Trinajstić information content (AvgIpc) is 2.75. The Morgan fingerprint density at radius 1 is 1.56 bits per heavy atom. The standard InChI is InChI=1S/C12H13BrClFO/c1-7-4-9(10(14)5-11(7)15)12(13)8-2-3-16-6-8/h4-5,8,12H,2-3,6H2,1H3. The molecule has 0 spiro atoms. The minimum atomic E-state index is -0.254. The van der Waals surface area contributed by atoms with Crippen LogP contribution in [0.4, 0.5) is 4.39 Å². The van der Waals surface area contributed by atoms with Crippen LogP contribution in [0, 0.1) is 18.7 Å². The summed E-state index contributed by atoms with van der Waals surface area (Å²) in [6.07, 6.45) is 1.02. The van der Waals surface area contributed by atoms with Gasteiger partial charge in [-0.15, -0.1) is 0 Å². The zero-order valence-corrected chi connectivity index (χ0v) is 11.3. The molecule has 0 saturated carbocycles. The lowest BCUT2D eigenvalue weighted by Gasteiger charge is -2.18. The van der Waals surface area contributed by atoms with Crippen molar-refractivity contribution in [3.05, 3.63) is 34.1 Å². The van der Waals surface area contributed by atoms with Crippen molar-refractivity contribution in [3.63, 3.8) is 0 Å². The zero-order valence-electron chi connectivity index (χ0n) is 8.97. The van der Waals surface area contributed by atoms with E-state index in [0.717, 1.165) is 25.2 Å². The number of benzene rings is 1. The van der Waals surface area contributed by atoms with E-state index in [1.165, 1.54) is 6.07 Å². The molecule has 2 rings (SSSR count). The van der Waals surface area contributed by atoms with E-state index in [1.54, 1.807) is 6.92 Å². The van der Waals surface area contributed by atoms with Crippen LogP contribution in [0.25, 0.3) is 0 Å². The molecule has 1 saturated heterocycles. The summed E-state index contributed by atoms with van der Waals surface area (Å²) in [7, 11) is 0. The van der Waals surface area contributed by atoms with Gasteiger partial charge in [0.25, 0.3) is 0 Å². The number of aryl methyl sites for hydroxylation is 1. The molecule has 1 aromatic rings. The molecule has 1 aliphatic rings. The fourth-order valence-electron chi connectivity index (χ4n) is 1.93. The average molecular weight is 308 g/mol. The van der Waals surface area contributed by atoms with Crippen molar-refractivity contribution in [1.29, 1.82) is 0 Å². The van der Waals surface area contributed by atoms with Crippen LogP contribution >= 0.6 is 27.5 Å². The van der Waals surface area contributed by atoms with E-state index in [4.69, 9.17) is 16.3 Å². The van der Waals surface area contributed by atoms with Crippen LogP contribution in [0.15, 0.2) is 12.1 Å². The Balaban J connectivity index is 2.28. The quantitative estimate of drug-likeness (QED) is 0.742. The molecule has 2 unspecified atom stereocenters. The molecule has 4 heteroatoms. The molecule has 1 nitrogen and oxygen atoms in total. The Morgan fingerprint density at radius 3 is 2.94 bits per heavy atom. The number of hydrogen-bond donors (Lipinski definition) is 0. The number of halogens is 3. The highest BCUT2D eigenvalue weighted by atomic mass is 79.9. The third kappa shape index (κ3) is 2.41. The molecular formula is C12H13BrClFO. The second-order valence-corrected chi connectivity index (χ2v) is 5.54. The van der Waals surface area contributed by atoms with Gasteiger partial charge < -0.3 is 4.74 Å². The smallest absolute Gasteiger partial charge is 0.127 e. The predicted octanol–water partition coefficient (Wildman–Crippen LogP) is 4.26. The van der Waals surface area contributed by atoms with Gasteiger partial charge in [-0.1, -0.05) is 33.6 Å². The fraction of sp³-hybridized carbons (Fsp3) is 0.500. The summed E-state index contributed by atoms with van der Waals surface area (Å²) in [6, 6.07) is 3.20. The van der Waals surface area contributed by atoms with E-state index >= 15 is 0 Å². The van der Waals surface area contributed by atoms with Crippen LogP contribution < -0.4 is 0 Å². The van der Waals surface area contributed by atoms with Crippen molar-refractivity contribution >= 4 is 27.5 Å². The van der Waals surface area contributed by atoms with E-state index in [0.29, 0.717) is 16.5 Å². The maximum absolute atomic E-state index is 13.3. The SMILES string of the molecule is Cc1cc(C(Br)C2CCOC2)c(Cl)cc1F. The van der Waals surface area contributed by atoms with E-state index in [-0.39, 0.29) is 10.6 Å². The van der Waals surface area contributed by atoms with Crippen LogP contribution in [-0.4, -0.2) is 13.2 Å². The minimum Gasteiger partial charge on any atom is -0.381 e. The Hall–Kier alpha value is -0.120. The Labute approximate surface area is 108 Å². The van der Waals surface area contributed by atoms with Gasteiger partial charge in [-0.25, -0.2) is 4.39 Å². The maximum Gasteiger partial charge on any atom is 0.127 e. The minimum absolute atomic E-state index is 0.141. The normalized spacial score (nSPS) is 22.4. The summed E-state index contributed by atoms with van der Waals surface area (Å²) in [5.41, 5.74) is 1.58. The van der Waals surface area contributed by atoms with Crippen LogP contribution in [-0.2, 0) is 4.74 Å². The van der Waals surface area contributed by atoms with Crippen LogP contribution in [0.3, 0.4) is 0 Å². The van der Waals surface area contributed by atoms with Gasteiger partial charge in [0, 0.05) is 22.4 Å². The summed E-state index contributed by atoms with van der Waals surface area (Å²) in [5.74, 6) is 0.165. The van der Waals surface area contributed by atoms with Crippen molar-refractivity contribution in [2.45, 2.75) is 18.2 Å². The van der Waals surface area contributed by atoms with Crippen LogP contribution in [0.2, 0.25) is 5.02 Å². The Kier molecular flexibility index (Phi) is 3.88. The summed E-state index contributed by atoms with van der Waals surface area (Å²) >= 11 is 9.70. The number of ether oxygens (including phenoxy) is 1. The highest BCUT2D eigenvalue weighted by Gasteiger charge is 2.26. The van der Waals surface area contributed by atoms with Gasteiger partial charge in [-0.05, 0) is 30.5 Å². The number of alkyl halides is 1. The number of rotatable bonds is 2. The van der Waals surface area contributed by atoms with E-state index < -0.39 is 0 Å². The zero-order chi connectivity index (χ0) is 11.7. The predicted molar refractivity (Wildman–Crippen MR) is 66.7 cm³/mol. The molecule has 1 aliphatic heterocycles. The molecule has 88 valence electrons. The van der Waals surface area contributed by atoms with Crippen LogP contribution in [0.1, 0.15) is 22.4 Å². The van der Waals surface area contributed by atoms with E-state index in [9.17, 15) is 4.39 Å². The van der Waals surface area contributed by atoms with Crippen molar-refractivity contribution in [2.75, 3.05) is 13.2 Å². The molecule has 0 bridgehead atoms. The summed E-state index contributed by atoms with van der Waals surface area (Å²) in [6.45, 7) is 3.28. The first-order valence-corrected chi connectivity index (χ1v) is 6.56. The molecule has 1 fully saturated rings. The molecule has 0 aromatic heterocycles. The second-order valence-electron chi connectivity index (χ2n) is 4.15. The van der Waals surface area contributed by atoms with E-state index in [1.807, 2.05) is 6.07 Å². The first-order valence-electron chi connectivity index (χ1n) is 5.27. The van der Waals surface area contributed by atoms with Crippen LogP contribution in [0.5, 0.6) is 0 Å². The topological polar surface area (TPSA) is 9.23 Å². The van der Waals surface area contributed by atoms with Gasteiger partial charge in [0.1, 0.15) is 5.82 Å². The largest absolute Gasteiger partial charge is 0.381 e. The molecule has 1 aromatic carbocycles. The molecule has 0 aliphatic carbocycles. The van der Waals surface area contributed by atoms with Gasteiger partial charge in [0.15, 0.2) is 0 Å². The Morgan fingerprint density at radius 2 is 2.31 bits per heavy atom. The van der Waals surface area contributed by atoms with Gasteiger partial charge in [0.05, 0.1) is 6.61 Å². The molecule has 2 atom stereocenters. The van der Waals surface area contributed by atoms with Crippen molar-refractivity contribution < 1.29 is 9.13 Å². The number of hydrogen-bond acceptors (Lipinski definition) is 1. The maximum atomic E-state index is 13.3. The second kappa shape index (κ2) is 5.03. The van der Waals surface area contributed by atoms with Crippen molar-refractivity contribution in [2.24, 2.45) is 5.92 Å². The lowest BCUT2D eigenvalue weighted by atomic mass is 9.97. The van der Waals surface area contributed by atoms with Crippen molar-refractivity contribution in [1.82, 2.24) is 0 Å². The Bertz CT molecular complexity index is 391. The lowest BCUT2D eigenvalue weighted by Crippen LogP contribution is -2.08. The molecule has 1 heterocycles. The third-order valence-electron chi connectivity index (χ3n) is 2.95. The summed E-state index contributed by atoms with van der Waals surface area (Å²) in [4.78, 5) is 0.141. The molecule has 16 heavy (non-hydrogen) atoms. The van der Waals surface area contributed by atoms with E-state index in [2.05, 4.69) is 15.9 Å². The highest BCUT2D eigenvalue weighted by molar-refractivity contribution is 9.09. The van der Waals surface area contributed by atoms with Gasteiger partial charge in [-0.3, -0.25) is 0 Å². The fourth-order valence-corrected chi connectivity index (χ4v) is 3.12. The lowest BCUT2D eigenvalue weighted by molar-refractivity contribution is 0.185. The van der Waals surface area contributed by atoms with Gasteiger partial charge >= 0.3 is 0 Å². The van der Waals surface area contributed by atoms with Crippen molar-refractivity contribution in [3.8, 4) is 0 Å². The monoisotopic (exact) mass is 306 g/mol.